The number of nitrogens with zero attached hydrogens (tertiary/aromatic N) is 4. The number of ether oxygens (including phenoxy) is 3. The molecule has 4 saturated heterocycles. The zero-order chi connectivity index (χ0) is 31.2. The number of piperidine rings is 1. The molecule has 14 heteroatoms. The monoisotopic (exact) mass is 643 g/mol. The van der Waals surface area contributed by atoms with Gasteiger partial charge in [-0.2, -0.15) is 23.1 Å². The van der Waals surface area contributed by atoms with Gasteiger partial charge in [-0.15, -0.1) is 0 Å². The Morgan fingerprint density at radius 2 is 1.98 bits per heavy atom. The molecule has 3 unspecified atom stereocenters. The van der Waals surface area contributed by atoms with Gasteiger partial charge in [0.15, 0.2) is 5.82 Å². The van der Waals surface area contributed by atoms with Crippen LogP contribution in [0.25, 0.3) is 0 Å². The van der Waals surface area contributed by atoms with E-state index in [1.54, 1.807) is 0 Å². The Labute approximate surface area is 257 Å². The molecular formula is C30H35ClF5N5O3. The summed E-state index contributed by atoms with van der Waals surface area (Å²) in [7, 11) is 1.41. The van der Waals surface area contributed by atoms with Crippen molar-refractivity contribution < 1.29 is 36.2 Å². The van der Waals surface area contributed by atoms with Gasteiger partial charge in [0, 0.05) is 49.6 Å². The van der Waals surface area contributed by atoms with Gasteiger partial charge in [-0.25, -0.2) is 8.78 Å². The van der Waals surface area contributed by atoms with Crippen molar-refractivity contribution in [3.8, 4) is 6.01 Å². The van der Waals surface area contributed by atoms with E-state index in [0.717, 1.165) is 63.3 Å². The van der Waals surface area contributed by atoms with Gasteiger partial charge in [-0.05, 0) is 50.3 Å². The van der Waals surface area contributed by atoms with Crippen LogP contribution in [0.15, 0.2) is 18.0 Å². The van der Waals surface area contributed by atoms with Gasteiger partial charge in [0.2, 0.25) is 0 Å². The van der Waals surface area contributed by atoms with E-state index in [1.165, 1.54) is 26.5 Å². The third kappa shape index (κ3) is 5.95. The van der Waals surface area contributed by atoms with Gasteiger partial charge < -0.3 is 24.8 Å². The van der Waals surface area contributed by atoms with Gasteiger partial charge >= 0.3 is 12.2 Å². The first-order valence-electron chi connectivity index (χ1n) is 14.8. The highest BCUT2D eigenvalue weighted by Gasteiger charge is 2.45. The molecule has 1 aromatic carbocycles. The normalized spacial score (nSPS) is 27.5. The van der Waals surface area contributed by atoms with E-state index in [9.17, 15) is 22.0 Å². The minimum atomic E-state index is -4.90. The van der Waals surface area contributed by atoms with Crippen LogP contribution in [0.1, 0.15) is 67.0 Å². The predicted octanol–water partition coefficient (Wildman–Crippen LogP) is 6.16. The molecule has 2 N–H and O–H groups in total. The summed E-state index contributed by atoms with van der Waals surface area (Å²) in [5, 5.41) is -0.684. The summed E-state index contributed by atoms with van der Waals surface area (Å²) in [6.07, 6.45) is 0.869. The number of methoxy groups -OCH3 is 1. The van der Waals surface area contributed by atoms with E-state index in [1.807, 2.05) is 0 Å². The molecule has 5 aliphatic rings. The molecule has 2 aromatic rings. The quantitative estimate of drug-likeness (QED) is 0.315. The second-order valence-electron chi connectivity index (χ2n) is 12.1. The molecule has 0 bridgehead atoms. The van der Waals surface area contributed by atoms with E-state index in [2.05, 4.69) is 19.8 Å². The fourth-order valence-corrected chi connectivity index (χ4v) is 7.38. The van der Waals surface area contributed by atoms with Crippen LogP contribution in [0, 0.1) is 5.82 Å². The Kier molecular flexibility index (Phi) is 8.68. The molecule has 44 heavy (non-hydrogen) atoms. The van der Waals surface area contributed by atoms with Crippen LogP contribution in [0.3, 0.4) is 0 Å². The van der Waals surface area contributed by atoms with Crippen LogP contribution in [-0.4, -0.2) is 66.4 Å². The number of aromatic nitrogens is 2. The number of fused-ring (bicyclic) bond motifs is 2. The van der Waals surface area contributed by atoms with Crippen molar-refractivity contribution in [3.05, 3.63) is 51.2 Å². The van der Waals surface area contributed by atoms with Gasteiger partial charge in [0.05, 0.1) is 60.3 Å². The lowest BCUT2D eigenvalue weighted by atomic mass is 9.85. The lowest BCUT2D eigenvalue weighted by Gasteiger charge is -2.49. The maximum Gasteiger partial charge on any atom is 0.418 e. The molecule has 1 spiro atoms. The Morgan fingerprint density at radius 1 is 1.18 bits per heavy atom. The van der Waals surface area contributed by atoms with Crippen molar-refractivity contribution in [1.29, 1.82) is 0 Å². The topological polar surface area (TPSA) is 86.0 Å². The van der Waals surface area contributed by atoms with Crippen molar-refractivity contribution in [2.75, 3.05) is 50.5 Å². The van der Waals surface area contributed by atoms with Crippen LogP contribution < -0.4 is 15.4 Å². The summed E-state index contributed by atoms with van der Waals surface area (Å²) in [6, 6.07) is 1.52. The first-order valence-corrected chi connectivity index (χ1v) is 15.2. The van der Waals surface area contributed by atoms with Crippen LogP contribution in [0.2, 0.25) is 5.02 Å². The second-order valence-corrected chi connectivity index (χ2v) is 12.5. The van der Waals surface area contributed by atoms with E-state index in [0.29, 0.717) is 29.7 Å². The summed E-state index contributed by atoms with van der Waals surface area (Å²) in [4.78, 5) is 13.3. The van der Waals surface area contributed by atoms with Gasteiger partial charge in [0.25, 0.3) is 0 Å². The molecule has 3 atom stereocenters. The van der Waals surface area contributed by atoms with Crippen LogP contribution in [0.5, 0.6) is 6.01 Å². The van der Waals surface area contributed by atoms with Crippen molar-refractivity contribution >= 4 is 23.1 Å². The van der Waals surface area contributed by atoms with Crippen molar-refractivity contribution in [2.45, 2.75) is 75.5 Å². The molecule has 0 amide bonds. The SMILES string of the molecule is COc1nc2c(c(N3CCCC4(CCO4)C3)n1)COC(c1c(F)c(N)cc(Cl)c1C(F)(F)F)C2.F/C=C1/CC2CCCN2C1. The molecule has 8 nitrogen and oxygen atoms in total. The van der Waals surface area contributed by atoms with Crippen LogP contribution in [0.4, 0.5) is 33.5 Å². The molecule has 6 heterocycles. The van der Waals surface area contributed by atoms with Crippen molar-refractivity contribution in [1.82, 2.24) is 14.9 Å². The number of benzene rings is 1. The van der Waals surface area contributed by atoms with Gasteiger partial charge in [-0.1, -0.05) is 11.6 Å². The number of rotatable bonds is 3. The minimum absolute atomic E-state index is 0.0747. The zero-order valence-corrected chi connectivity index (χ0v) is 25.1. The summed E-state index contributed by atoms with van der Waals surface area (Å²) in [6.45, 7) is 4.06. The van der Waals surface area contributed by atoms with E-state index in [-0.39, 0.29) is 24.6 Å². The molecule has 5 aliphatic heterocycles. The highest BCUT2D eigenvalue weighted by atomic mass is 35.5. The summed E-state index contributed by atoms with van der Waals surface area (Å²) in [5.74, 6) is -0.608. The zero-order valence-electron chi connectivity index (χ0n) is 24.4. The number of alkyl halides is 3. The average Bonchev–Trinajstić information content (AvgIpc) is 3.59. The predicted molar refractivity (Wildman–Crippen MR) is 154 cm³/mol. The molecular weight excluding hydrogens is 609 g/mol. The minimum Gasteiger partial charge on any atom is -0.467 e. The molecule has 240 valence electrons. The van der Waals surface area contributed by atoms with E-state index < -0.39 is 39.9 Å². The Balaban J connectivity index is 0.000000289. The number of hydrogen-bond donors (Lipinski definition) is 1. The molecule has 0 saturated carbocycles. The number of nitrogens with two attached hydrogens (primary N) is 1. The van der Waals surface area contributed by atoms with E-state index in [4.69, 9.17) is 31.5 Å². The molecule has 0 radical (unpaired) electrons. The average molecular weight is 644 g/mol. The standard InChI is InChI=1S/C22H23ClF4N4O3.C8H12FN/c1-32-20-29-14-8-15(16-17(22(25,26)27)12(23)7-13(28)18(16)24)33-9-11(14)19(30-20)31-5-2-3-21(10-31)4-6-34-21;9-5-7-4-8-2-1-3-10(8)6-7/h7,15H,2-6,8-10,28H2,1H3;5,8H,1-4,6H2/b;7-5-. The van der Waals surface area contributed by atoms with Crippen molar-refractivity contribution in [3.63, 3.8) is 0 Å². The second kappa shape index (κ2) is 12.2. The Morgan fingerprint density at radius 3 is 2.64 bits per heavy atom. The smallest absolute Gasteiger partial charge is 0.418 e. The number of anilines is 2. The lowest BCUT2D eigenvalue weighted by Crippen LogP contribution is -2.56. The summed E-state index contributed by atoms with van der Waals surface area (Å²) < 4.78 is 85.2. The fourth-order valence-electron chi connectivity index (χ4n) is 7.06. The van der Waals surface area contributed by atoms with Crippen LogP contribution >= 0.6 is 11.6 Å². The third-order valence-corrected chi connectivity index (χ3v) is 9.59. The number of halogens is 6. The molecule has 0 aliphatic carbocycles. The largest absolute Gasteiger partial charge is 0.467 e. The fraction of sp³-hybridized carbons (Fsp3) is 0.600. The number of hydrogen-bond acceptors (Lipinski definition) is 8. The molecule has 1 aromatic heterocycles. The number of nitrogen functional groups attached to an aromatic ring is 1. The first kappa shape index (κ1) is 31.3. The third-order valence-electron chi connectivity index (χ3n) is 9.29. The van der Waals surface area contributed by atoms with Crippen LogP contribution in [-0.2, 0) is 28.7 Å². The first-order chi connectivity index (χ1) is 21.0. The highest BCUT2D eigenvalue weighted by Crippen LogP contribution is 2.46. The van der Waals surface area contributed by atoms with Crippen molar-refractivity contribution in [2.24, 2.45) is 0 Å². The van der Waals surface area contributed by atoms with Gasteiger partial charge in [0.1, 0.15) is 5.82 Å². The van der Waals surface area contributed by atoms with Gasteiger partial charge in [-0.3, -0.25) is 4.90 Å². The Hall–Kier alpha value is -2.74. The molecule has 4 fully saturated rings. The summed E-state index contributed by atoms with van der Waals surface area (Å²) in [5.41, 5.74) is 4.95. The molecule has 7 rings (SSSR count). The highest BCUT2D eigenvalue weighted by molar-refractivity contribution is 6.31. The maximum atomic E-state index is 14.9. The Bertz CT molecular complexity index is 1420. The van der Waals surface area contributed by atoms with E-state index >= 15 is 0 Å². The summed E-state index contributed by atoms with van der Waals surface area (Å²) >= 11 is 5.84. The maximum absolute atomic E-state index is 14.9. The lowest BCUT2D eigenvalue weighted by molar-refractivity contribution is -0.151.